The Balaban J connectivity index is 1.89. The van der Waals surface area contributed by atoms with Crippen LogP contribution in [0.5, 0.6) is 0 Å². The maximum atomic E-state index is 13.9. The minimum atomic E-state index is -4.78. The maximum absolute atomic E-state index is 13.9. The van der Waals surface area contributed by atoms with Crippen LogP contribution in [0.1, 0.15) is 53.4 Å². The van der Waals surface area contributed by atoms with Gasteiger partial charge in [0, 0.05) is 18.7 Å². The molecule has 2 nitrogen and oxygen atoms in total. The summed E-state index contributed by atoms with van der Waals surface area (Å²) in [6, 6.07) is 15.2. The molecule has 7 heteroatoms. The summed E-state index contributed by atoms with van der Waals surface area (Å²) < 4.78 is 66.7. The van der Waals surface area contributed by atoms with Gasteiger partial charge in [-0.2, -0.15) is 13.2 Å². The molecule has 34 heavy (non-hydrogen) atoms. The second-order valence-electron chi connectivity index (χ2n) is 9.28. The van der Waals surface area contributed by atoms with Gasteiger partial charge in [-0.3, -0.25) is 4.79 Å². The van der Waals surface area contributed by atoms with Gasteiger partial charge in [-0.25, -0.2) is 8.78 Å². The molecule has 180 valence electrons. The largest absolute Gasteiger partial charge is 0.416 e. The SMILES string of the molecule is CC(C)(C)c1ccc(CN(CCc2ccc(F)cc2)C(=O)c2cc(F)cc(C(F)(F)F)c2)cc1. The summed E-state index contributed by atoms with van der Waals surface area (Å²) in [4.78, 5) is 14.6. The molecule has 0 aromatic heterocycles. The number of halogens is 5. The zero-order valence-corrected chi connectivity index (χ0v) is 19.2. The van der Waals surface area contributed by atoms with E-state index in [1.165, 1.54) is 17.0 Å². The Kier molecular flexibility index (Phi) is 7.44. The van der Waals surface area contributed by atoms with Gasteiger partial charge in [-0.1, -0.05) is 57.2 Å². The molecule has 3 rings (SSSR count). The third-order valence-corrected chi connectivity index (χ3v) is 5.54. The van der Waals surface area contributed by atoms with Crippen LogP contribution in [0.2, 0.25) is 0 Å². The van der Waals surface area contributed by atoms with Crippen LogP contribution < -0.4 is 0 Å². The van der Waals surface area contributed by atoms with Gasteiger partial charge < -0.3 is 4.90 Å². The molecule has 0 heterocycles. The second kappa shape index (κ2) is 9.95. The molecule has 0 saturated heterocycles. The molecule has 0 saturated carbocycles. The zero-order chi connectivity index (χ0) is 25.1. The van der Waals surface area contributed by atoms with Crippen molar-refractivity contribution in [3.05, 3.63) is 106 Å². The second-order valence-corrected chi connectivity index (χ2v) is 9.28. The van der Waals surface area contributed by atoms with E-state index in [2.05, 4.69) is 20.8 Å². The lowest BCUT2D eigenvalue weighted by molar-refractivity contribution is -0.137. The van der Waals surface area contributed by atoms with Crippen LogP contribution in [0.4, 0.5) is 22.0 Å². The van der Waals surface area contributed by atoms with Crippen molar-refractivity contribution >= 4 is 5.91 Å². The van der Waals surface area contributed by atoms with Crippen LogP contribution in [0.15, 0.2) is 66.7 Å². The smallest absolute Gasteiger partial charge is 0.334 e. The Bertz CT molecular complexity index is 1130. The first-order chi connectivity index (χ1) is 15.8. The van der Waals surface area contributed by atoms with Crippen molar-refractivity contribution in [3.63, 3.8) is 0 Å². The third kappa shape index (κ3) is 6.65. The zero-order valence-electron chi connectivity index (χ0n) is 19.2. The Morgan fingerprint density at radius 3 is 1.91 bits per heavy atom. The molecule has 0 spiro atoms. The molecule has 0 aliphatic rings. The van der Waals surface area contributed by atoms with E-state index < -0.39 is 29.3 Å². The fraction of sp³-hybridized carbons (Fsp3) is 0.296. The number of benzene rings is 3. The minimum absolute atomic E-state index is 0.0633. The standard InChI is InChI=1S/C27H26F5NO/c1-26(2,3)21-8-4-19(5-9-21)17-33(13-12-18-6-10-23(28)11-7-18)25(34)20-14-22(27(30,31)32)16-24(29)15-20/h4-11,14-16H,12-13,17H2,1-3H3. The fourth-order valence-electron chi connectivity index (χ4n) is 3.56. The molecule has 0 atom stereocenters. The number of carbonyl (C=O) groups excluding carboxylic acids is 1. The highest BCUT2D eigenvalue weighted by atomic mass is 19.4. The molecule has 0 bridgehead atoms. The topological polar surface area (TPSA) is 20.3 Å². The molecule has 0 unspecified atom stereocenters. The van der Waals surface area contributed by atoms with Gasteiger partial charge in [0.2, 0.25) is 0 Å². The van der Waals surface area contributed by atoms with Gasteiger partial charge in [0.25, 0.3) is 5.91 Å². The highest BCUT2D eigenvalue weighted by Crippen LogP contribution is 2.31. The van der Waals surface area contributed by atoms with Crippen molar-refractivity contribution in [1.29, 1.82) is 0 Å². The monoisotopic (exact) mass is 475 g/mol. The first-order valence-corrected chi connectivity index (χ1v) is 10.8. The predicted molar refractivity (Wildman–Crippen MR) is 121 cm³/mol. The van der Waals surface area contributed by atoms with Crippen molar-refractivity contribution in [3.8, 4) is 0 Å². The van der Waals surface area contributed by atoms with Gasteiger partial charge in [-0.05, 0) is 58.9 Å². The number of hydrogen-bond donors (Lipinski definition) is 0. The summed E-state index contributed by atoms with van der Waals surface area (Å²) in [6.45, 7) is 6.50. The Labute approximate surface area is 196 Å². The summed E-state index contributed by atoms with van der Waals surface area (Å²) in [6.07, 6.45) is -4.42. The highest BCUT2D eigenvalue weighted by molar-refractivity contribution is 5.94. The molecule has 0 fully saturated rings. The predicted octanol–water partition coefficient (Wildman–Crippen LogP) is 7.17. The average Bonchev–Trinajstić information content (AvgIpc) is 2.76. The summed E-state index contributed by atoms with van der Waals surface area (Å²) >= 11 is 0. The fourth-order valence-corrected chi connectivity index (χ4v) is 3.56. The van der Waals surface area contributed by atoms with Crippen molar-refractivity contribution in [2.75, 3.05) is 6.54 Å². The van der Waals surface area contributed by atoms with E-state index in [0.29, 0.717) is 18.6 Å². The van der Waals surface area contributed by atoms with Crippen LogP contribution in [0, 0.1) is 11.6 Å². The van der Waals surface area contributed by atoms with Gasteiger partial charge in [0.05, 0.1) is 5.56 Å². The van der Waals surface area contributed by atoms with Crippen LogP contribution in [0.3, 0.4) is 0 Å². The lowest BCUT2D eigenvalue weighted by Crippen LogP contribution is -2.33. The summed E-state index contributed by atoms with van der Waals surface area (Å²) in [7, 11) is 0. The van der Waals surface area contributed by atoms with Gasteiger partial charge in [0.15, 0.2) is 0 Å². The Morgan fingerprint density at radius 2 is 1.35 bits per heavy atom. The van der Waals surface area contributed by atoms with Crippen molar-refractivity contribution in [2.45, 2.75) is 45.3 Å². The number of amides is 1. The normalized spacial score (nSPS) is 12.0. The molecule has 0 N–H and O–H groups in total. The molecule has 1 amide bonds. The van der Waals surface area contributed by atoms with Gasteiger partial charge in [0.1, 0.15) is 11.6 Å². The lowest BCUT2D eigenvalue weighted by atomic mass is 9.87. The summed E-state index contributed by atoms with van der Waals surface area (Å²) in [5, 5.41) is 0. The first kappa shape index (κ1) is 25.4. The molecular weight excluding hydrogens is 449 g/mol. The molecule has 0 aliphatic carbocycles. The van der Waals surface area contributed by atoms with Gasteiger partial charge >= 0.3 is 6.18 Å². The number of carbonyl (C=O) groups is 1. The van der Waals surface area contributed by atoms with E-state index in [1.807, 2.05) is 24.3 Å². The van der Waals surface area contributed by atoms with E-state index in [1.54, 1.807) is 12.1 Å². The van der Waals surface area contributed by atoms with Crippen molar-refractivity contribution < 1.29 is 26.7 Å². The number of hydrogen-bond acceptors (Lipinski definition) is 1. The Morgan fingerprint density at radius 1 is 0.765 bits per heavy atom. The first-order valence-electron chi connectivity index (χ1n) is 10.8. The Hall–Kier alpha value is -3.22. The van der Waals surface area contributed by atoms with Gasteiger partial charge in [-0.15, -0.1) is 0 Å². The lowest BCUT2D eigenvalue weighted by Gasteiger charge is -2.25. The van der Waals surface area contributed by atoms with Crippen LogP contribution in [-0.4, -0.2) is 17.4 Å². The van der Waals surface area contributed by atoms with Crippen molar-refractivity contribution in [1.82, 2.24) is 4.90 Å². The third-order valence-electron chi connectivity index (χ3n) is 5.54. The van der Waals surface area contributed by atoms with Crippen LogP contribution in [0.25, 0.3) is 0 Å². The molecule has 3 aromatic rings. The molecule has 0 aliphatic heterocycles. The number of nitrogens with zero attached hydrogens (tertiary/aromatic N) is 1. The van der Waals surface area contributed by atoms with E-state index in [4.69, 9.17) is 0 Å². The van der Waals surface area contributed by atoms with Crippen LogP contribution >= 0.6 is 0 Å². The van der Waals surface area contributed by atoms with Crippen molar-refractivity contribution in [2.24, 2.45) is 0 Å². The quantitative estimate of drug-likeness (QED) is 0.346. The molecule has 3 aromatic carbocycles. The molecular formula is C27H26F5NO. The summed E-state index contributed by atoms with van der Waals surface area (Å²) in [5.74, 6) is -2.24. The van der Waals surface area contributed by atoms with E-state index in [9.17, 15) is 26.7 Å². The van der Waals surface area contributed by atoms with E-state index in [-0.39, 0.29) is 24.1 Å². The highest BCUT2D eigenvalue weighted by Gasteiger charge is 2.32. The maximum Gasteiger partial charge on any atom is 0.416 e. The van der Waals surface area contributed by atoms with Crippen LogP contribution in [-0.2, 0) is 24.6 Å². The minimum Gasteiger partial charge on any atom is -0.334 e. The summed E-state index contributed by atoms with van der Waals surface area (Å²) in [5.41, 5.74) is 0.985. The number of alkyl halides is 3. The van der Waals surface area contributed by atoms with E-state index >= 15 is 0 Å². The van der Waals surface area contributed by atoms with E-state index in [0.717, 1.165) is 22.8 Å². The average molecular weight is 476 g/mol. The number of rotatable bonds is 6. The molecule has 0 radical (unpaired) electrons.